The molecule has 0 bridgehead atoms. The molecule has 1 heterocycles. The van der Waals surface area contributed by atoms with Crippen LogP contribution in [-0.4, -0.2) is 37.6 Å². The Morgan fingerprint density at radius 2 is 2.12 bits per heavy atom. The van der Waals surface area contributed by atoms with Crippen LogP contribution >= 0.6 is 0 Å². The van der Waals surface area contributed by atoms with Crippen LogP contribution < -0.4 is 10.1 Å². The Labute approximate surface area is 102 Å². The summed E-state index contributed by atoms with van der Waals surface area (Å²) in [5.41, 5.74) is 1.19. The number of nitrogens with zero attached hydrogens (tertiary/aromatic N) is 1. The van der Waals surface area contributed by atoms with E-state index in [1.807, 2.05) is 29.2 Å². The lowest BCUT2D eigenvalue weighted by atomic mass is 10.0. The summed E-state index contributed by atoms with van der Waals surface area (Å²) in [4.78, 5) is 13.2. The molecule has 0 spiro atoms. The van der Waals surface area contributed by atoms with Gasteiger partial charge in [-0.1, -0.05) is 12.1 Å². The predicted octanol–water partition coefficient (Wildman–Crippen LogP) is 1.19. The smallest absolute Gasteiger partial charge is 0.219 e. The second kappa shape index (κ2) is 5.19. The minimum Gasteiger partial charge on any atom is -0.497 e. The highest BCUT2D eigenvalue weighted by atomic mass is 16.5. The average molecular weight is 234 g/mol. The molecule has 1 fully saturated rings. The number of carbonyl (C=O) groups excluding carboxylic acids is 1. The van der Waals surface area contributed by atoms with Crippen LogP contribution in [0.3, 0.4) is 0 Å². The molecule has 1 aromatic rings. The van der Waals surface area contributed by atoms with Crippen molar-refractivity contribution in [3.8, 4) is 5.75 Å². The molecular formula is C13H18N2O2. The van der Waals surface area contributed by atoms with Gasteiger partial charge in [-0.15, -0.1) is 0 Å². The van der Waals surface area contributed by atoms with Gasteiger partial charge in [-0.3, -0.25) is 4.79 Å². The fourth-order valence-electron chi connectivity index (χ4n) is 2.10. The normalized spacial score (nSPS) is 20.1. The third-order valence-electron chi connectivity index (χ3n) is 3.14. The standard InChI is InChI=1S/C13H18N2O2/c1-10(16)15-8-7-14-13(9-15)11-3-5-12(17-2)6-4-11/h3-6,13-14H,7-9H2,1-2H3. The number of amides is 1. The molecule has 17 heavy (non-hydrogen) atoms. The van der Waals surface area contributed by atoms with E-state index in [-0.39, 0.29) is 11.9 Å². The fourth-order valence-corrected chi connectivity index (χ4v) is 2.10. The summed E-state index contributed by atoms with van der Waals surface area (Å²) in [7, 11) is 1.66. The molecule has 1 atom stereocenters. The first kappa shape index (κ1) is 11.9. The molecule has 1 N–H and O–H groups in total. The third kappa shape index (κ3) is 2.77. The topological polar surface area (TPSA) is 41.6 Å². The molecule has 1 unspecified atom stereocenters. The summed E-state index contributed by atoms with van der Waals surface area (Å²) in [5, 5.41) is 3.42. The Balaban J connectivity index is 2.08. The maximum Gasteiger partial charge on any atom is 0.219 e. The summed E-state index contributed by atoms with van der Waals surface area (Å²) in [6.07, 6.45) is 0. The van der Waals surface area contributed by atoms with Gasteiger partial charge in [0, 0.05) is 32.6 Å². The molecular weight excluding hydrogens is 216 g/mol. The Kier molecular flexibility index (Phi) is 3.64. The molecule has 1 aromatic carbocycles. The Morgan fingerprint density at radius 1 is 1.41 bits per heavy atom. The number of piperazine rings is 1. The molecule has 1 saturated heterocycles. The van der Waals surface area contributed by atoms with E-state index in [1.165, 1.54) is 5.56 Å². The van der Waals surface area contributed by atoms with E-state index < -0.39 is 0 Å². The van der Waals surface area contributed by atoms with Gasteiger partial charge in [-0.25, -0.2) is 0 Å². The van der Waals surface area contributed by atoms with Crippen LogP contribution in [0.1, 0.15) is 18.5 Å². The van der Waals surface area contributed by atoms with Crippen molar-refractivity contribution in [3.05, 3.63) is 29.8 Å². The highest BCUT2D eigenvalue weighted by Gasteiger charge is 2.21. The summed E-state index contributed by atoms with van der Waals surface area (Å²) < 4.78 is 5.13. The predicted molar refractivity (Wildman–Crippen MR) is 66.0 cm³/mol. The zero-order valence-electron chi connectivity index (χ0n) is 10.3. The number of nitrogens with one attached hydrogen (secondary N) is 1. The van der Waals surface area contributed by atoms with Crippen molar-refractivity contribution in [1.82, 2.24) is 10.2 Å². The largest absolute Gasteiger partial charge is 0.497 e. The minimum atomic E-state index is 0.144. The summed E-state index contributed by atoms with van der Waals surface area (Å²) in [6, 6.07) is 8.20. The molecule has 4 nitrogen and oxygen atoms in total. The lowest BCUT2D eigenvalue weighted by molar-refractivity contribution is -0.130. The minimum absolute atomic E-state index is 0.144. The summed E-state index contributed by atoms with van der Waals surface area (Å²) in [6.45, 7) is 4.00. The van der Waals surface area contributed by atoms with Gasteiger partial charge in [0.15, 0.2) is 0 Å². The van der Waals surface area contributed by atoms with Crippen molar-refractivity contribution in [2.45, 2.75) is 13.0 Å². The quantitative estimate of drug-likeness (QED) is 0.835. The maximum absolute atomic E-state index is 11.4. The highest BCUT2D eigenvalue weighted by molar-refractivity contribution is 5.73. The van der Waals surface area contributed by atoms with Crippen molar-refractivity contribution in [2.24, 2.45) is 0 Å². The number of methoxy groups -OCH3 is 1. The first-order chi connectivity index (χ1) is 8.20. The van der Waals surface area contributed by atoms with Crippen LogP contribution in [0.25, 0.3) is 0 Å². The maximum atomic E-state index is 11.4. The van der Waals surface area contributed by atoms with Crippen molar-refractivity contribution >= 4 is 5.91 Å². The zero-order chi connectivity index (χ0) is 12.3. The lowest BCUT2D eigenvalue weighted by Crippen LogP contribution is -2.47. The molecule has 4 heteroatoms. The second-order valence-corrected chi connectivity index (χ2v) is 4.24. The van der Waals surface area contributed by atoms with Gasteiger partial charge in [0.1, 0.15) is 5.75 Å². The van der Waals surface area contributed by atoms with E-state index >= 15 is 0 Å². The van der Waals surface area contributed by atoms with Gasteiger partial charge in [0.05, 0.1) is 7.11 Å². The van der Waals surface area contributed by atoms with Gasteiger partial charge in [-0.05, 0) is 17.7 Å². The first-order valence-electron chi connectivity index (χ1n) is 5.83. The number of ether oxygens (including phenoxy) is 1. The van der Waals surface area contributed by atoms with Crippen LogP contribution in [0.5, 0.6) is 5.75 Å². The molecule has 0 aromatic heterocycles. The van der Waals surface area contributed by atoms with Crippen molar-refractivity contribution in [2.75, 3.05) is 26.7 Å². The molecule has 0 aliphatic carbocycles. The molecule has 92 valence electrons. The van der Waals surface area contributed by atoms with Gasteiger partial charge in [-0.2, -0.15) is 0 Å². The zero-order valence-corrected chi connectivity index (χ0v) is 10.3. The number of rotatable bonds is 2. The van der Waals surface area contributed by atoms with E-state index in [4.69, 9.17) is 4.74 Å². The Bertz CT molecular complexity index is 389. The summed E-state index contributed by atoms with van der Waals surface area (Å²) >= 11 is 0. The number of carbonyl (C=O) groups is 1. The van der Waals surface area contributed by atoms with Crippen LogP contribution in [0.4, 0.5) is 0 Å². The first-order valence-corrected chi connectivity index (χ1v) is 5.83. The number of benzene rings is 1. The van der Waals surface area contributed by atoms with E-state index in [1.54, 1.807) is 14.0 Å². The molecule has 2 rings (SSSR count). The van der Waals surface area contributed by atoms with E-state index in [2.05, 4.69) is 5.32 Å². The monoisotopic (exact) mass is 234 g/mol. The third-order valence-corrected chi connectivity index (χ3v) is 3.14. The second-order valence-electron chi connectivity index (χ2n) is 4.24. The van der Waals surface area contributed by atoms with Gasteiger partial charge in [0.25, 0.3) is 0 Å². The number of hydrogen-bond donors (Lipinski definition) is 1. The Morgan fingerprint density at radius 3 is 2.71 bits per heavy atom. The van der Waals surface area contributed by atoms with E-state index in [0.29, 0.717) is 0 Å². The van der Waals surface area contributed by atoms with Crippen molar-refractivity contribution in [1.29, 1.82) is 0 Å². The van der Waals surface area contributed by atoms with Crippen LogP contribution in [-0.2, 0) is 4.79 Å². The van der Waals surface area contributed by atoms with Gasteiger partial charge in [0.2, 0.25) is 5.91 Å². The SMILES string of the molecule is COc1ccc(C2CN(C(C)=O)CCN2)cc1. The van der Waals surface area contributed by atoms with Crippen LogP contribution in [0, 0.1) is 0 Å². The van der Waals surface area contributed by atoms with Crippen LogP contribution in [0.2, 0.25) is 0 Å². The van der Waals surface area contributed by atoms with Crippen molar-refractivity contribution < 1.29 is 9.53 Å². The molecule has 0 saturated carbocycles. The molecule has 1 aliphatic heterocycles. The molecule has 0 radical (unpaired) electrons. The number of hydrogen-bond acceptors (Lipinski definition) is 3. The van der Waals surface area contributed by atoms with Crippen LogP contribution in [0.15, 0.2) is 24.3 Å². The van der Waals surface area contributed by atoms with Gasteiger partial charge >= 0.3 is 0 Å². The van der Waals surface area contributed by atoms with Crippen molar-refractivity contribution in [3.63, 3.8) is 0 Å². The molecule has 1 aliphatic rings. The average Bonchev–Trinajstić information content (AvgIpc) is 2.39. The summed E-state index contributed by atoms with van der Waals surface area (Å²) in [5.74, 6) is 0.998. The van der Waals surface area contributed by atoms with E-state index in [0.717, 1.165) is 25.4 Å². The molecule has 1 amide bonds. The Hall–Kier alpha value is -1.55. The van der Waals surface area contributed by atoms with E-state index in [9.17, 15) is 4.79 Å². The highest BCUT2D eigenvalue weighted by Crippen LogP contribution is 2.20. The van der Waals surface area contributed by atoms with Gasteiger partial charge < -0.3 is 15.0 Å². The lowest BCUT2D eigenvalue weighted by Gasteiger charge is -2.33. The fraction of sp³-hybridized carbons (Fsp3) is 0.462.